The average Bonchev–Trinajstić information content (AvgIpc) is 2.93. The standard InChI is InChI=1S/C14H28FN2O2P/c1-3-17(4-2)20(15,18)19-14-10-6-5-9-13(14)16-11-7-8-12-16/h13-14H,3-12H2,1-2H3/t13-,14-,20?/m0/s1. The minimum absolute atomic E-state index is 0.210. The molecule has 1 heterocycles. The van der Waals surface area contributed by atoms with E-state index in [-0.39, 0.29) is 12.1 Å². The monoisotopic (exact) mass is 306 g/mol. The highest BCUT2D eigenvalue weighted by atomic mass is 31.2. The normalized spacial score (nSPS) is 31.6. The summed E-state index contributed by atoms with van der Waals surface area (Å²) in [6.45, 7) is 6.63. The van der Waals surface area contributed by atoms with Gasteiger partial charge in [0.15, 0.2) is 0 Å². The van der Waals surface area contributed by atoms with Gasteiger partial charge in [-0.15, -0.1) is 4.20 Å². The lowest BCUT2D eigenvalue weighted by atomic mass is 9.91. The summed E-state index contributed by atoms with van der Waals surface area (Å²) in [5.41, 5.74) is 0. The summed E-state index contributed by atoms with van der Waals surface area (Å²) in [4.78, 5) is 2.41. The third kappa shape index (κ3) is 3.82. The van der Waals surface area contributed by atoms with Crippen LogP contribution in [-0.4, -0.2) is 47.9 Å². The van der Waals surface area contributed by atoms with Crippen LogP contribution in [-0.2, 0) is 9.09 Å². The molecule has 0 radical (unpaired) electrons. The Hall–Kier alpha value is 0.0400. The predicted molar refractivity (Wildman–Crippen MR) is 79.6 cm³/mol. The van der Waals surface area contributed by atoms with Crippen LogP contribution in [0.1, 0.15) is 52.4 Å². The van der Waals surface area contributed by atoms with Crippen LogP contribution in [0.5, 0.6) is 0 Å². The molecule has 1 saturated carbocycles. The third-order valence-corrected chi connectivity index (χ3v) is 6.38. The van der Waals surface area contributed by atoms with Gasteiger partial charge in [-0.05, 0) is 38.8 Å². The SMILES string of the molecule is CCN(CC)P(=O)(F)O[C@H]1CCCC[C@@H]1N1CCCC1. The van der Waals surface area contributed by atoms with Gasteiger partial charge in [0, 0.05) is 19.1 Å². The maximum absolute atomic E-state index is 14.4. The van der Waals surface area contributed by atoms with Gasteiger partial charge >= 0.3 is 7.83 Å². The summed E-state index contributed by atoms with van der Waals surface area (Å²) in [6.07, 6.45) is 6.31. The zero-order valence-electron chi connectivity index (χ0n) is 12.8. The largest absolute Gasteiger partial charge is 0.445 e. The fraction of sp³-hybridized carbons (Fsp3) is 1.00. The summed E-state index contributed by atoms with van der Waals surface area (Å²) in [5, 5.41) is 0. The van der Waals surface area contributed by atoms with Gasteiger partial charge in [-0.3, -0.25) is 9.42 Å². The van der Waals surface area contributed by atoms with Crippen molar-refractivity contribution in [1.82, 2.24) is 9.57 Å². The molecule has 0 aromatic carbocycles. The smallest absolute Gasteiger partial charge is 0.298 e. The zero-order chi connectivity index (χ0) is 14.6. The number of likely N-dealkylation sites (tertiary alicyclic amines) is 1. The minimum atomic E-state index is -4.14. The molecule has 1 aliphatic heterocycles. The lowest BCUT2D eigenvalue weighted by molar-refractivity contribution is 0.0369. The Morgan fingerprint density at radius 3 is 2.35 bits per heavy atom. The minimum Gasteiger partial charge on any atom is -0.298 e. The zero-order valence-corrected chi connectivity index (χ0v) is 13.7. The second kappa shape index (κ2) is 7.35. The molecular weight excluding hydrogens is 278 g/mol. The van der Waals surface area contributed by atoms with Gasteiger partial charge in [-0.2, -0.15) is 0 Å². The number of nitrogens with zero attached hydrogens (tertiary/aromatic N) is 2. The Bertz CT molecular complexity index is 346. The van der Waals surface area contributed by atoms with Gasteiger partial charge in [0.25, 0.3) is 0 Å². The molecule has 118 valence electrons. The third-order valence-electron chi connectivity index (χ3n) is 4.61. The molecule has 2 aliphatic rings. The highest BCUT2D eigenvalue weighted by Crippen LogP contribution is 2.54. The van der Waals surface area contributed by atoms with Gasteiger partial charge in [0.1, 0.15) is 0 Å². The highest BCUT2D eigenvalue weighted by Gasteiger charge is 2.39. The van der Waals surface area contributed by atoms with Crippen molar-refractivity contribution >= 4 is 7.83 Å². The van der Waals surface area contributed by atoms with Gasteiger partial charge in [0.2, 0.25) is 0 Å². The molecule has 1 aliphatic carbocycles. The van der Waals surface area contributed by atoms with Crippen molar-refractivity contribution in [2.45, 2.75) is 64.5 Å². The van der Waals surface area contributed by atoms with Crippen LogP contribution in [0.4, 0.5) is 4.20 Å². The van der Waals surface area contributed by atoms with Crippen molar-refractivity contribution in [3.63, 3.8) is 0 Å². The van der Waals surface area contributed by atoms with Crippen molar-refractivity contribution in [1.29, 1.82) is 0 Å². The predicted octanol–water partition coefficient (Wildman–Crippen LogP) is 3.83. The van der Waals surface area contributed by atoms with Crippen LogP contribution in [0.15, 0.2) is 0 Å². The fourth-order valence-corrected chi connectivity index (χ4v) is 4.88. The maximum atomic E-state index is 14.4. The van der Waals surface area contributed by atoms with E-state index >= 15 is 0 Å². The summed E-state index contributed by atoms with van der Waals surface area (Å²) >= 11 is 0. The Kier molecular flexibility index (Phi) is 6.03. The molecule has 4 nitrogen and oxygen atoms in total. The Morgan fingerprint density at radius 1 is 1.15 bits per heavy atom. The molecule has 0 bridgehead atoms. The highest BCUT2D eigenvalue weighted by molar-refractivity contribution is 7.50. The number of hydrogen-bond donors (Lipinski definition) is 0. The van der Waals surface area contributed by atoms with Crippen LogP contribution in [0.2, 0.25) is 0 Å². The molecule has 3 atom stereocenters. The second-order valence-electron chi connectivity index (χ2n) is 5.83. The lowest BCUT2D eigenvalue weighted by Crippen LogP contribution is -2.45. The summed E-state index contributed by atoms with van der Waals surface area (Å²) < 4.78 is 33.5. The van der Waals surface area contributed by atoms with Crippen molar-refractivity contribution in [3.05, 3.63) is 0 Å². The van der Waals surface area contributed by atoms with Gasteiger partial charge < -0.3 is 0 Å². The van der Waals surface area contributed by atoms with E-state index in [2.05, 4.69) is 4.90 Å². The van der Waals surface area contributed by atoms with Crippen LogP contribution < -0.4 is 0 Å². The number of hydrogen-bond acceptors (Lipinski definition) is 3. The first kappa shape index (κ1) is 16.4. The van der Waals surface area contributed by atoms with Crippen LogP contribution in [0.25, 0.3) is 0 Å². The molecule has 20 heavy (non-hydrogen) atoms. The van der Waals surface area contributed by atoms with Crippen LogP contribution in [0.3, 0.4) is 0 Å². The van der Waals surface area contributed by atoms with Crippen molar-refractivity contribution in [2.24, 2.45) is 0 Å². The van der Waals surface area contributed by atoms with Crippen molar-refractivity contribution in [3.8, 4) is 0 Å². The molecule has 1 saturated heterocycles. The molecule has 0 amide bonds. The second-order valence-corrected chi connectivity index (χ2v) is 7.51. The van der Waals surface area contributed by atoms with Gasteiger partial charge in [-0.25, -0.2) is 9.24 Å². The van der Waals surface area contributed by atoms with E-state index < -0.39 is 7.83 Å². The molecule has 0 aromatic heterocycles. The molecule has 2 rings (SSSR count). The van der Waals surface area contributed by atoms with Gasteiger partial charge in [-0.1, -0.05) is 26.7 Å². The van der Waals surface area contributed by atoms with E-state index in [1.54, 1.807) is 0 Å². The summed E-state index contributed by atoms with van der Waals surface area (Å²) in [5.74, 6) is 0. The molecule has 0 aromatic rings. The Labute approximate surface area is 122 Å². The first-order valence-electron chi connectivity index (χ1n) is 8.06. The Morgan fingerprint density at radius 2 is 1.75 bits per heavy atom. The summed E-state index contributed by atoms with van der Waals surface area (Å²) in [7, 11) is -4.14. The average molecular weight is 306 g/mol. The van der Waals surface area contributed by atoms with E-state index in [4.69, 9.17) is 4.52 Å². The first-order chi connectivity index (χ1) is 9.58. The van der Waals surface area contributed by atoms with E-state index in [9.17, 15) is 8.76 Å². The van der Waals surface area contributed by atoms with Crippen LogP contribution >= 0.6 is 7.83 Å². The van der Waals surface area contributed by atoms with Crippen LogP contribution in [0, 0.1) is 0 Å². The molecular formula is C14H28FN2O2P. The molecule has 2 fully saturated rings. The first-order valence-corrected chi connectivity index (χ1v) is 9.53. The van der Waals surface area contributed by atoms with E-state index in [0.717, 1.165) is 32.4 Å². The van der Waals surface area contributed by atoms with Crippen molar-refractivity contribution < 1.29 is 13.3 Å². The van der Waals surface area contributed by atoms with Crippen molar-refractivity contribution in [2.75, 3.05) is 26.2 Å². The Balaban J connectivity index is 2.02. The van der Waals surface area contributed by atoms with E-state index in [1.165, 1.54) is 23.9 Å². The van der Waals surface area contributed by atoms with Gasteiger partial charge in [0.05, 0.1) is 6.10 Å². The van der Waals surface area contributed by atoms with E-state index in [0.29, 0.717) is 13.1 Å². The molecule has 1 unspecified atom stereocenters. The quantitative estimate of drug-likeness (QED) is 0.698. The fourth-order valence-electron chi connectivity index (χ4n) is 3.49. The maximum Gasteiger partial charge on any atom is 0.445 e. The van der Waals surface area contributed by atoms with E-state index in [1.807, 2.05) is 13.8 Å². The summed E-state index contributed by atoms with van der Waals surface area (Å²) in [6, 6.07) is 0.255. The molecule has 0 spiro atoms. The number of rotatable bonds is 6. The molecule has 0 N–H and O–H groups in total. The lowest BCUT2D eigenvalue weighted by Gasteiger charge is -2.38. The topological polar surface area (TPSA) is 32.8 Å². The molecule has 6 heteroatoms. The number of halogens is 1.